The maximum atomic E-state index is 10.8. The van der Waals surface area contributed by atoms with Gasteiger partial charge in [0.2, 0.25) is 0 Å². The molecule has 0 atom stereocenters. The van der Waals surface area contributed by atoms with Gasteiger partial charge in [0.1, 0.15) is 5.01 Å². The molecule has 0 amide bonds. The molecule has 2 rings (SSSR count). The molecule has 0 fully saturated rings. The SMILES string of the molecule is CC(C)CSCc1ccc(-c2nc(C(=O)O)cs2)cc1. The molecule has 5 heteroatoms. The van der Waals surface area contributed by atoms with Crippen molar-refractivity contribution < 1.29 is 9.90 Å². The highest BCUT2D eigenvalue weighted by Gasteiger charge is 2.09. The van der Waals surface area contributed by atoms with Crippen LogP contribution in [0.4, 0.5) is 0 Å². The zero-order chi connectivity index (χ0) is 14.5. The van der Waals surface area contributed by atoms with Crippen LogP contribution in [0.15, 0.2) is 29.6 Å². The van der Waals surface area contributed by atoms with Crippen LogP contribution in [0.1, 0.15) is 29.9 Å². The predicted molar refractivity (Wildman–Crippen MR) is 85.5 cm³/mol. The van der Waals surface area contributed by atoms with E-state index in [4.69, 9.17) is 5.11 Å². The van der Waals surface area contributed by atoms with Crippen molar-refractivity contribution in [2.45, 2.75) is 19.6 Å². The predicted octanol–water partition coefficient (Wildman–Crippen LogP) is 4.40. The first-order chi connectivity index (χ1) is 9.56. The molecule has 0 saturated carbocycles. The van der Waals surface area contributed by atoms with Crippen LogP contribution in [-0.4, -0.2) is 21.8 Å². The molecule has 0 aliphatic heterocycles. The summed E-state index contributed by atoms with van der Waals surface area (Å²) < 4.78 is 0. The molecule has 1 N–H and O–H groups in total. The highest BCUT2D eigenvalue weighted by molar-refractivity contribution is 7.98. The smallest absolute Gasteiger partial charge is 0.355 e. The van der Waals surface area contributed by atoms with E-state index in [9.17, 15) is 4.79 Å². The number of aromatic carboxylic acids is 1. The van der Waals surface area contributed by atoms with Crippen LogP contribution in [0.25, 0.3) is 10.6 Å². The largest absolute Gasteiger partial charge is 0.476 e. The molecule has 0 saturated heterocycles. The Kier molecular flexibility index (Phi) is 5.20. The van der Waals surface area contributed by atoms with Crippen LogP contribution in [0.3, 0.4) is 0 Å². The van der Waals surface area contributed by atoms with E-state index in [1.165, 1.54) is 16.9 Å². The number of carboxylic acids is 1. The average Bonchev–Trinajstić information content (AvgIpc) is 2.89. The van der Waals surface area contributed by atoms with Gasteiger partial charge in [-0.3, -0.25) is 0 Å². The average molecular weight is 307 g/mol. The minimum atomic E-state index is -0.978. The van der Waals surface area contributed by atoms with Gasteiger partial charge in [0.05, 0.1) is 0 Å². The second-order valence-corrected chi connectivity index (χ2v) is 6.84. The lowest BCUT2D eigenvalue weighted by Gasteiger charge is -2.05. The highest BCUT2D eigenvalue weighted by atomic mass is 32.2. The van der Waals surface area contributed by atoms with Crippen molar-refractivity contribution in [1.29, 1.82) is 0 Å². The molecule has 0 bridgehead atoms. The number of hydrogen-bond acceptors (Lipinski definition) is 4. The molecule has 0 aliphatic carbocycles. The molecule has 106 valence electrons. The Morgan fingerprint density at radius 2 is 2.05 bits per heavy atom. The van der Waals surface area contributed by atoms with Crippen molar-refractivity contribution in [3.63, 3.8) is 0 Å². The number of carboxylic acid groups (broad SMARTS) is 1. The second-order valence-electron chi connectivity index (χ2n) is 4.95. The van der Waals surface area contributed by atoms with Gasteiger partial charge in [-0.25, -0.2) is 9.78 Å². The number of carbonyl (C=O) groups is 1. The van der Waals surface area contributed by atoms with Crippen molar-refractivity contribution in [2.24, 2.45) is 5.92 Å². The molecule has 20 heavy (non-hydrogen) atoms. The van der Waals surface area contributed by atoms with E-state index in [0.717, 1.165) is 22.1 Å². The van der Waals surface area contributed by atoms with Gasteiger partial charge in [-0.05, 0) is 17.2 Å². The molecule has 2 aromatic rings. The van der Waals surface area contributed by atoms with Gasteiger partial charge in [0.25, 0.3) is 0 Å². The molecule has 1 heterocycles. The lowest BCUT2D eigenvalue weighted by atomic mass is 10.2. The van der Waals surface area contributed by atoms with Crippen LogP contribution in [0, 0.1) is 5.92 Å². The summed E-state index contributed by atoms with van der Waals surface area (Å²) in [6.07, 6.45) is 0. The minimum Gasteiger partial charge on any atom is -0.476 e. The van der Waals surface area contributed by atoms with Crippen LogP contribution in [0.5, 0.6) is 0 Å². The first kappa shape index (κ1) is 15.1. The molecular weight excluding hydrogens is 290 g/mol. The zero-order valence-electron chi connectivity index (χ0n) is 11.5. The van der Waals surface area contributed by atoms with Crippen LogP contribution in [-0.2, 0) is 5.75 Å². The number of thioether (sulfide) groups is 1. The van der Waals surface area contributed by atoms with Crippen LogP contribution < -0.4 is 0 Å². The third-order valence-corrected chi connectivity index (χ3v) is 4.98. The summed E-state index contributed by atoms with van der Waals surface area (Å²) in [6, 6.07) is 8.19. The van der Waals surface area contributed by atoms with E-state index in [0.29, 0.717) is 5.92 Å². The summed E-state index contributed by atoms with van der Waals surface area (Å²) in [5.74, 6) is 1.91. The van der Waals surface area contributed by atoms with Crippen LogP contribution >= 0.6 is 23.1 Å². The lowest BCUT2D eigenvalue weighted by molar-refractivity contribution is 0.0691. The summed E-state index contributed by atoms with van der Waals surface area (Å²) in [4.78, 5) is 14.9. The van der Waals surface area contributed by atoms with Crippen molar-refractivity contribution in [1.82, 2.24) is 4.98 Å². The standard InChI is InChI=1S/C15H17NO2S2/c1-10(2)7-19-8-11-3-5-12(6-4-11)14-16-13(9-20-14)15(17)18/h3-6,9-10H,7-8H2,1-2H3,(H,17,18). The summed E-state index contributed by atoms with van der Waals surface area (Å²) in [7, 11) is 0. The number of thiazole rings is 1. The van der Waals surface area contributed by atoms with E-state index in [1.807, 2.05) is 23.9 Å². The number of nitrogens with zero attached hydrogens (tertiary/aromatic N) is 1. The topological polar surface area (TPSA) is 50.2 Å². The first-order valence-electron chi connectivity index (χ1n) is 6.42. The van der Waals surface area contributed by atoms with E-state index < -0.39 is 5.97 Å². The Bertz CT molecular complexity index is 576. The molecule has 1 aromatic carbocycles. The van der Waals surface area contributed by atoms with Crippen molar-refractivity contribution in [3.05, 3.63) is 40.9 Å². The Morgan fingerprint density at radius 1 is 1.35 bits per heavy atom. The first-order valence-corrected chi connectivity index (χ1v) is 8.45. The van der Waals surface area contributed by atoms with Gasteiger partial charge < -0.3 is 5.11 Å². The Balaban J connectivity index is 2.01. The van der Waals surface area contributed by atoms with Gasteiger partial charge in [-0.1, -0.05) is 38.1 Å². The Morgan fingerprint density at radius 3 is 2.60 bits per heavy atom. The summed E-state index contributed by atoms with van der Waals surface area (Å²) in [6.45, 7) is 4.44. The molecule has 3 nitrogen and oxygen atoms in total. The van der Waals surface area contributed by atoms with E-state index >= 15 is 0 Å². The fourth-order valence-corrected chi connectivity index (χ4v) is 3.48. The zero-order valence-corrected chi connectivity index (χ0v) is 13.1. The van der Waals surface area contributed by atoms with E-state index in [-0.39, 0.29) is 5.69 Å². The quantitative estimate of drug-likeness (QED) is 0.859. The molecular formula is C15H17NO2S2. The Hall–Kier alpha value is -1.33. The monoisotopic (exact) mass is 307 g/mol. The third kappa shape index (κ3) is 4.08. The maximum absolute atomic E-state index is 10.8. The van der Waals surface area contributed by atoms with E-state index in [1.54, 1.807) is 5.38 Å². The van der Waals surface area contributed by atoms with Gasteiger partial charge in [-0.2, -0.15) is 11.8 Å². The summed E-state index contributed by atoms with van der Waals surface area (Å²) in [5, 5.41) is 11.2. The van der Waals surface area contributed by atoms with Crippen molar-refractivity contribution in [2.75, 3.05) is 5.75 Å². The van der Waals surface area contributed by atoms with Gasteiger partial charge >= 0.3 is 5.97 Å². The van der Waals surface area contributed by atoms with E-state index in [2.05, 4.69) is 31.0 Å². The fourth-order valence-electron chi connectivity index (χ4n) is 1.66. The molecule has 0 aliphatic rings. The summed E-state index contributed by atoms with van der Waals surface area (Å²) >= 11 is 3.29. The normalized spacial score (nSPS) is 10.9. The third-order valence-electron chi connectivity index (χ3n) is 2.64. The second kappa shape index (κ2) is 6.90. The van der Waals surface area contributed by atoms with Gasteiger partial charge in [-0.15, -0.1) is 11.3 Å². The maximum Gasteiger partial charge on any atom is 0.355 e. The number of aromatic nitrogens is 1. The lowest BCUT2D eigenvalue weighted by Crippen LogP contribution is -1.95. The number of benzene rings is 1. The fraction of sp³-hybridized carbons (Fsp3) is 0.333. The van der Waals surface area contributed by atoms with Crippen molar-refractivity contribution in [3.8, 4) is 10.6 Å². The Labute approximate surface area is 127 Å². The highest BCUT2D eigenvalue weighted by Crippen LogP contribution is 2.25. The van der Waals surface area contributed by atoms with Crippen molar-refractivity contribution >= 4 is 29.1 Å². The molecule has 0 unspecified atom stereocenters. The van der Waals surface area contributed by atoms with Gasteiger partial charge in [0, 0.05) is 16.7 Å². The summed E-state index contributed by atoms with van der Waals surface area (Å²) in [5.41, 5.74) is 2.37. The molecule has 1 aromatic heterocycles. The number of rotatable bonds is 6. The molecule has 0 radical (unpaired) electrons. The molecule has 0 spiro atoms. The number of hydrogen-bond donors (Lipinski definition) is 1. The minimum absolute atomic E-state index is 0.113. The van der Waals surface area contributed by atoms with Gasteiger partial charge in [0.15, 0.2) is 5.69 Å². The van der Waals surface area contributed by atoms with Crippen LogP contribution in [0.2, 0.25) is 0 Å².